The highest BCUT2D eigenvalue weighted by Gasteiger charge is 2.24. The molecule has 1 amide bonds. The van der Waals surface area contributed by atoms with E-state index in [0.717, 1.165) is 57.8 Å². The summed E-state index contributed by atoms with van der Waals surface area (Å²) in [6.07, 6.45) is 42.3. The summed E-state index contributed by atoms with van der Waals surface area (Å²) in [5.74, 6) is -0.226. The number of aliphatic hydroxyl groups is 1. The van der Waals surface area contributed by atoms with Gasteiger partial charge >= 0.3 is 0 Å². The van der Waals surface area contributed by atoms with Gasteiger partial charge < -0.3 is 28.8 Å². The van der Waals surface area contributed by atoms with Crippen LogP contribution in [0.25, 0.3) is 0 Å². The fraction of sp³-hybridized carbons (Fsp3) is 0.738. The predicted molar refractivity (Wildman–Crippen MR) is 214 cm³/mol. The van der Waals surface area contributed by atoms with Crippen LogP contribution in [0.1, 0.15) is 149 Å². The number of likely N-dealkylation sites (N-methyl/N-ethyl adjacent to an activating group) is 1. The molecule has 296 valence electrons. The number of carbonyl (C=O) groups is 1. The van der Waals surface area contributed by atoms with Gasteiger partial charge in [-0.05, 0) is 51.4 Å². The SMILES string of the molecule is CC/C=C\C/C=C\C/C=C\C/C=C\C/C=C\CCCC(=O)NC(COP(=O)([O-])OCC[N+](C)(C)C)C(O)CCCCCCCCCCCCCC. The lowest BCUT2D eigenvalue weighted by atomic mass is 10.0. The van der Waals surface area contributed by atoms with Crippen molar-refractivity contribution in [2.75, 3.05) is 40.9 Å². The van der Waals surface area contributed by atoms with Crippen molar-refractivity contribution in [1.29, 1.82) is 0 Å². The van der Waals surface area contributed by atoms with Crippen molar-refractivity contribution in [3.63, 3.8) is 0 Å². The van der Waals surface area contributed by atoms with Crippen molar-refractivity contribution in [2.24, 2.45) is 0 Å². The lowest BCUT2D eigenvalue weighted by Gasteiger charge is -2.30. The van der Waals surface area contributed by atoms with Gasteiger partial charge in [-0.1, -0.05) is 152 Å². The minimum absolute atomic E-state index is 0.00147. The first kappa shape index (κ1) is 49.2. The number of phosphoric ester groups is 1. The second kappa shape index (κ2) is 34.0. The molecule has 0 aromatic heterocycles. The highest BCUT2D eigenvalue weighted by Crippen LogP contribution is 2.38. The van der Waals surface area contributed by atoms with Crippen molar-refractivity contribution < 1.29 is 32.9 Å². The monoisotopic (exact) mass is 737 g/mol. The number of carbonyl (C=O) groups excluding carboxylic acids is 1. The van der Waals surface area contributed by atoms with Crippen molar-refractivity contribution in [1.82, 2.24) is 5.32 Å². The summed E-state index contributed by atoms with van der Waals surface area (Å²) in [5, 5.41) is 13.8. The van der Waals surface area contributed by atoms with Crippen LogP contribution in [0.15, 0.2) is 60.8 Å². The molecule has 0 aliphatic heterocycles. The molecule has 3 unspecified atom stereocenters. The van der Waals surface area contributed by atoms with Crippen LogP contribution in [0.3, 0.4) is 0 Å². The summed E-state index contributed by atoms with van der Waals surface area (Å²) in [5.41, 5.74) is 0. The van der Waals surface area contributed by atoms with Crippen molar-refractivity contribution in [3.05, 3.63) is 60.8 Å². The highest BCUT2D eigenvalue weighted by molar-refractivity contribution is 7.45. The Labute approximate surface area is 313 Å². The molecule has 51 heavy (non-hydrogen) atoms. The third-order valence-electron chi connectivity index (χ3n) is 8.52. The average molecular weight is 737 g/mol. The van der Waals surface area contributed by atoms with Crippen LogP contribution in [0.5, 0.6) is 0 Å². The highest BCUT2D eigenvalue weighted by atomic mass is 31.2. The van der Waals surface area contributed by atoms with Crippen LogP contribution < -0.4 is 10.2 Å². The van der Waals surface area contributed by atoms with Gasteiger partial charge in [0.05, 0.1) is 39.9 Å². The Morgan fingerprint density at radius 1 is 0.706 bits per heavy atom. The second-order valence-electron chi connectivity index (χ2n) is 14.6. The molecular weight excluding hydrogens is 659 g/mol. The summed E-state index contributed by atoms with van der Waals surface area (Å²) in [7, 11) is 1.26. The molecule has 0 fully saturated rings. The Morgan fingerprint density at radius 3 is 1.67 bits per heavy atom. The van der Waals surface area contributed by atoms with Crippen LogP contribution in [-0.4, -0.2) is 68.5 Å². The third kappa shape index (κ3) is 36.4. The normalized spacial score (nSPS) is 15.2. The molecular formula is C42H77N2O6P. The van der Waals surface area contributed by atoms with Crippen molar-refractivity contribution in [3.8, 4) is 0 Å². The van der Waals surface area contributed by atoms with Gasteiger partial charge in [0, 0.05) is 6.42 Å². The van der Waals surface area contributed by atoms with Crippen molar-refractivity contribution >= 4 is 13.7 Å². The summed E-state index contributed by atoms with van der Waals surface area (Å²) >= 11 is 0. The van der Waals surface area contributed by atoms with Gasteiger partial charge in [-0.2, -0.15) is 0 Å². The first-order valence-electron chi connectivity index (χ1n) is 20.1. The van der Waals surface area contributed by atoms with E-state index in [-0.39, 0.29) is 25.5 Å². The lowest BCUT2D eigenvalue weighted by molar-refractivity contribution is -0.870. The zero-order chi connectivity index (χ0) is 37.9. The average Bonchev–Trinajstić information content (AvgIpc) is 3.07. The van der Waals surface area contributed by atoms with Gasteiger partial charge in [-0.3, -0.25) is 9.36 Å². The quantitative estimate of drug-likeness (QED) is 0.0290. The van der Waals surface area contributed by atoms with Crippen LogP contribution in [0.4, 0.5) is 0 Å². The summed E-state index contributed by atoms with van der Waals surface area (Å²) in [6.45, 7) is 4.52. The topological polar surface area (TPSA) is 108 Å². The molecule has 0 spiro atoms. The van der Waals surface area contributed by atoms with E-state index in [4.69, 9.17) is 9.05 Å². The first-order chi connectivity index (χ1) is 24.5. The molecule has 0 aromatic rings. The number of phosphoric acid groups is 1. The van der Waals surface area contributed by atoms with E-state index in [1.54, 1.807) is 0 Å². The number of unbranched alkanes of at least 4 members (excludes halogenated alkanes) is 12. The van der Waals surface area contributed by atoms with Crippen LogP contribution in [0, 0.1) is 0 Å². The molecule has 8 nitrogen and oxygen atoms in total. The minimum atomic E-state index is -4.58. The Morgan fingerprint density at radius 2 is 1.18 bits per heavy atom. The zero-order valence-electron chi connectivity index (χ0n) is 33.3. The van der Waals surface area contributed by atoms with E-state index in [9.17, 15) is 19.4 Å². The van der Waals surface area contributed by atoms with E-state index in [1.165, 1.54) is 57.8 Å². The van der Waals surface area contributed by atoms with Gasteiger partial charge in [0.15, 0.2) is 0 Å². The lowest BCUT2D eigenvalue weighted by Crippen LogP contribution is -2.46. The van der Waals surface area contributed by atoms with Gasteiger partial charge in [-0.15, -0.1) is 0 Å². The molecule has 0 radical (unpaired) electrons. The van der Waals surface area contributed by atoms with Gasteiger partial charge in [0.1, 0.15) is 13.2 Å². The zero-order valence-corrected chi connectivity index (χ0v) is 34.2. The van der Waals surface area contributed by atoms with Crippen molar-refractivity contribution in [2.45, 2.75) is 161 Å². The standard InChI is InChI=1S/C42H77N2O6P/c1-6-8-10-12-14-16-18-20-21-22-23-24-26-28-30-32-34-36-42(46)43-40(39-50-51(47,48)49-38-37-44(3,4)5)41(45)35-33-31-29-27-25-19-17-15-13-11-9-7-2/h8,10,14,16,20-21,23-24,28,30,40-41,45H,6-7,9,11-13,15,17-19,22,25-27,29,31-39H2,1-5H3,(H-,43,46,47,48)/b10-8-,16-14-,21-20-,24-23-,30-28-. The molecule has 0 saturated heterocycles. The number of nitrogens with one attached hydrogen (secondary N) is 1. The molecule has 0 saturated carbocycles. The minimum Gasteiger partial charge on any atom is -0.756 e. The number of hydrogen-bond acceptors (Lipinski definition) is 6. The fourth-order valence-electron chi connectivity index (χ4n) is 5.31. The number of quaternary nitrogens is 1. The number of nitrogens with zero attached hydrogens (tertiary/aromatic N) is 1. The molecule has 0 heterocycles. The second-order valence-corrected chi connectivity index (χ2v) is 16.0. The van der Waals surface area contributed by atoms with Gasteiger partial charge in [0.25, 0.3) is 7.82 Å². The van der Waals surface area contributed by atoms with Gasteiger partial charge in [0.2, 0.25) is 5.91 Å². The van der Waals surface area contributed by atoms with Crippen LogP contribution in [-0.2, 0) is 18.4 Å². The summed E-state index contributed by atoms with van der Waals surface area (Å²) in [6, 6.07) is -0.830. The van der Waals surface area contributed by atoms with E-state index >= 15 is 0 Å². The number of rotatable bonds is 35. The summed E-state index contributed by atoms with van der Waals surface area (Å²) in [4.78, 5) is 25.2. The molecule has 0 aliphatic carbocycles. The molecule has 0 aromatic carbocycles. The van der Waals surface area contributed by atoms with E-state index in [0.29, 0.717) is 23.9 Å². The number of hydrogen-bond donors (Lipinski definition) is 2. The Hall–Kier alpha value is -1.80. The molecule has 0 bridgehead atoms. The molecule has 3 atom stereocenters. The largest absolute Gasteiger partial charge is 0.756 e. The summed E-state index contributed by atoms with van der Waals surface area (Å²) < 4.78 is 23.1. The van der Waals surface area contributed by atoms with Crippen LogP contribution >= 0.6 is 7.82 Å². The maximum atomic E-state index is 12.8. The molecule has 0 aliphatic rings. The fourth-order valence-corrected chi connectivity index (χ4v) is 6.03. The van der Waals surface area contributed by atoms with E-state index < -0.39 is 20.0 Å². The molecule has 2 N–H and O–H groups in total. The van der Waals surface area contributed by atoms with E-state index in [1.807, 2.05) is 21.1 Å². The predicted octanol–water partition coefficient (Wildman–Crippen LogP) is 10.1. The Bertz CT molecular complexity index is 1020. The maximum absolute atomic E-state index is 12.8. The Balaban J connectivity index is 4.56. The number of aliphatic hydroxyl groups excluding tert-OH is 1. The first-order valence-corrected chi connectivity index (χ1v) is 21.6. The number of amides is 1. The number of allylic oxidation sites excluding steroid dienone is 10. The molecule has 9 heteroatoms. The molecule has 0 rings (SSSR count). The van der Waals surface area contributed by atoms with Gasteiger partial charge in [-0.25, -0.2) is 0 Å². The van der Waals surface area contributed by atoms with E-state index in [2.05, 4.69) is 79.9 Å². The van der Waals surface area contributed by atoms with Crippen LogP contribution in [0.2, 0.25) is 0 Å². The maximum Gasteiger partial charge on any atom is 0.268 e. The Kier molecular flexibility index (Phi) is 32.8. The third-order valence-corrected chi connectivity index (χ3v) is 9.48. The smallest absolute Gasteiger partial charge is 0.268 e.